The van der Waals surface area contributed by atoms with Crippen molar-refractivity contribution in [3.63, 3.8) is 0 Å². The Balaban J connectivity index is 2.28. The Labute approximate surface area is 124 Å². The molecule has 1 saturated heterocycles. The Kier molecular flexibility index (Phi) is 4.92. The van der Waals surface area contributed by atoms with E-state index in [2.05, 4.69) is 20.7 Å². The van der Waals surface area contributed by atoms with Crippen LogP contribution in [0.1, 0.15) is 19.4 Å². The van der Waals surface area contributed by atoms with Gasteiger partial charge in [-0.25, -0.2) is 15.8 Å². The summed E-state index contributed by atoms with van der Waals surface area (Å²) in [5, 5.41) is 2.92. The van der Waals surface area contributed by atoms with Crippen LogP contribution in [0.2, 0.25) is 0 Å². The minimum Gasteiger partial charge on any atom is -0.377 e. The van der Waals surface area contributed by atoms with E-state index in [9.17, 15) is 4.79 Å². The third-order valence-corrected chi connectivity index (χ3v) is 3.33. The van der Waals surface area contributed by atoms with Crippen molar-refractivity contribution in [3.8, 4) is 0 Å². The molecule has 1 aliphatic rings. The lowest BCUT2D eigenvalue weighted by Crippen LogP contribution is -2.55. The molecule has 0 spiro atoms. The van der Waals surface area contributed by atoms with E-state index in [-0.39, 0.29) is 11.9 Å². The molecule has 2 rings (SSSR count). The van der Waals surface area contributed by atoms with Gasteiger partial charge in [-0.1, -0.05) is 0 Å². The highest BCUT2D eigenvalue weighted by Gasteiger charge is 2.32. The van der Waals surface area contributed by atoms with Gasteiger partial charge in [0.05, 0.1) is 13.2 Å². The van der Waals surface area contributed by atoms with Crippen molar-refractivity contribution in [1.29, 1.82) is 0 Å². The fourth-order valence-electron chi connectivity index (χ4n) is 2.33. The molecule has 4 N–H and O–H groups in total. The van der Waals surface area contributed by atoms with Crippen molar-refractivity contribution >= 4 is 17.5 Å². The van der Waals surface area contributed by atoms with E-state index in [1.54, 1.807) is 0 Å². The summed E-state index contributed by atoms with van der Waals surface area (Å²) in [6.45, 7) is 7.22. The predicted molar refractivity (Wildman–Crippen MR) is 79.8 cm³/mol. The van der Waals surface area contributed by atoms with Crippen molar-refractivity contribution in [1.82, 2.24) is 15.3 Å². The number of nitrogen functional groups attached to an aromatic ring is 1. The normalized spacial score (nSPS) is 18.7. The summed E-state index contributed by atoms with van der Waals surface area (Å²) in [5.41, 5.74) is 3.35. The Hall–Kier alpha value is -1.93. The highest BCUT2D eigenvalue weighted by atomic mass is 16.5. The van der Waals surface area contributed by atoms with Crippen LogP contribution in [0, 0.1) is 6.92 Å². The highest BCUT2D eigenvalue weighted by molar-refractivity contribution is 5.86. The van der Waals surface area contributed by atoms with E-state index < -0.39 is 6.04 Å². The maximum absolute atomic E-state index is 12.3. The van der Waals surface area contributed by atoms with E-state index in [0.29, 0.717) is 31.4 Å². The van der Waals surface area contributed by atoms with Crippen LogP contribution in [0.3, 0.4) is 0 Å². The van der Waals surface area contributed by atoms with Gasteiger partial charge in [-0.05, 0) is 20.8 Å². The zero-order chi connectivity index (χ0) is 15.4. The molecule has 8 heteroatoms. The summed E-state index contributed by atoms with van der Waals surface area (Å²) >= 11 is 0. The largest absolute Gasteiger partial charge is 0.377 e. The second-order valence-corrected chi connectivity index (χ2v) is 5.26. The van der Waals surface area contributed by atoms with Gasteiger partial charge in [-0.15, -0.1) is 0 Å². The molecule has 2 heterocycles. The quantitative estimate of drug-likeness (QED) is 0.521. The van der Waals surface area contributed by atoms with Gasteiger partial charge in [0.2, 0.25) is 5.91 Å². The molecule has 0 aliphatic carbocycles. The maximum atomic E-state index is 12.3. The van der Waals surface area contributed by atoms with E-state index in [0.717, 1.165) is 5.56 Å². The highest BCUT2D eigenvalue weighted by Crippen LogP contribution is 2.24. The Morgan fingerprint density at radius 3 is 2.95 bits per heavy atom. The molecule has 1 atom stereocenters. The first-order valence-electron chi connectivity index (χ1n) is 6.97. The topological polar surface area (TPSA) is 105 Å². The number of anilines is 2. The van der Waals surface area contributed by atoms with Crippen molar-refractivity contribution in [3.05, 3.63) is 11.9 Å². The lowest BCUT2D eigenvalue weighted by atomic mass is 10.1. The fraction of sp³-hybridized carbons (Fsp3) is 0.615. The number of hydrogen-bond donors (Lipinski definition) is 3. The molecular formula is C13H22N6O2. The third-order valence-electron chi connectivity index (χ3n) is 3.33. The van der Waals surface area contributed by atoms with Gasteiger partial charge in [-0.3, -0.25) is 4.79 Å². The van der Waals surface area contributed by atoms with Gasteiger partial charge in [0.1, 0.15) is 24.0 Å². The molecule has 0 bridgehead atoms. The molecule has 0 radical (unpaired) electrons. The molecule has 1 aromatic heterocycles. The molecule has 0 saturated carbocycles. The van der Waals surface area contributed by atoms with Gasteiger partial charge in [-0.2, -0.15) is 0 Å². The number of nitrogens with one attached hydrogen (secondary N) is 2. The SMILES string of the molecule is Cc1c(NN)ncnc1N1CCOCC1C(=O)NC(C)C. The van der Waals surface area contributed by atoms with Crippen LogP contribution in [-0.2, 0) is 9.53 Å². The molecule has 116 valence electrons. The number of carbonyl (C=O) groups excluding carboxylic acids is 1. The van der Waals surface area contributed by atoms with Crippen LogP contribution in [-0.4, -0.2) is 47.7 Å². The van der Waals surface area contributed by atoms with Crippen LogP contribution >= 0.6 is 0 Å². The summed E-state index contributed by atoms with van der Waals surface area (Å²) in [6.07, 6.45) is 1.43. The first-order valence-corrected chi connectivity index (χ1v) is 6.97. The van der Waals surface area contributed by atoms with Crippen LogP contribution in [0.25, 0.3) is 0 Å². The minimum atomic E-state index is -0.402. The van der Waals surface area contributed by atoms with Crippen molar-refractivity contribution < 1.29 is 9.53 Å². The van der Waals surface area contributed by atoms with Crippen LogP contribution < -0.4 is 21.5 Å². The summed E-state index contributed by atoms with van der Waals surface area (Å²) < 4.78 is 5.45. The first-order chi connectivity index (χ1) is 10.0. The number of rotatable bonds is 4. The third kappa shape index (κ3) is 3.40. The number of carbonyl (C=O) groups is 1. The Bertz CT molecular complexity index is 507. The number of nitrogens with zero attached hydrogens (tertiary/aromatic N) is 3. The van der Waals surface area contributed by atoms with E-state index in [1.165, 1.54) is 6.33 Å². The molecule has 21 heavy (non-hydrogen) atoms. The second kappa shape index (κ2) is 6.68. The monoisotopic (exact) mass is 294 g/mol. The zero-order valence-corrected chi connectivity index (χ0v) is 12.6. The average Bonchev–Trinajstić information content (AvgIpc) is 2.47. The molecule has 1 fully saturated rings. The Morgan fingerprint density at radius 1 is 1.52 bits per heavy atom. The smallest absolute Gasteiger partial charge is 0.245 e. The second-order valence-electron chi connectivity index (χ2n) is 5.26. The van der Waals surface area contributed by atoms with E-state index in [1.807, 2.05) is 25.7 Å². The van der Waals surface area contributed by atoms with Crippen molar-refractivity contribution in [2.75, 3.05) is 30.1 Å². The fourth-order valence-corrected chi connectivity index (χ4v) is 2.33. The van der Waals surface area contributed by atoms with Crippen LogP contribution in [0.15, 0.2) is 6.33 Å². The summed E-state index contributed by atoms with van der Waals surface area (Å²) in [5.74, 6) is 6.63. The average molecular weight is 294 g/mol. The van der Waals surface area contributed by atoms with E-state index >= 15 is 0 Å². The summed E-state index contributed by atoms with van der Waals surface area (Å²) in [7, 11) is 0. The van der Waals surface area contributed by atoms with Gasteiger partial charge in [0.25, 0.3) is 0 Å². The standard InChI is InChI=1S/C13H22N6O2/c1-8(2)17-13(20)10-6-21-5-4-19(10)12-9(3)11(18-14)15-7-16-12/h7-8,10H,4-6,14H2,1-3H3,(H,17,20)(H,15,16,18). The molecule has 1 unspecified atom stereocenters. The van der Waals surface area contributed by atoms with Gasteiger partial charge in [0, 0.05) is 18.2 Å². The first kappa shape index (κ1) is 15.5. The number of aromatic nitrogens is 2. The van der Waals surface area contributed by atoms with Crippen LogP contribution in [0.4, 0.5) is 11.6 Å². The molecule has 1 aromatic rings. The maximum Gasteiger partial charge on any atom is 0.245 e. The summed E-state index contributed by atoms with van der Waals surface area (Å²) in [4.78, 5) is 22.7. The molecule has 0 aromatic carbocycles. The predicted octanol–water partition coefficient (Wildman–Crippen LogP) is -0.200. The Morgan fingerprint density at radius 2 is 2.29 bits per heavy atom. The van der Waals surface area contributed by atoms with Gasteiger partial charge < -0.3 is 20.4 Å². The lowest BCUT2D eigenvalue weighted by molar-refractivity contribution is -0.125. The number of hydrazine groups is 1. The number of morpholine rings is 1. The number of amides is 1. The molecule has 1 aliphatic heterocycles. The number of hydrogen-bond acceptors (Lipinski definition) is 7. The molecule has 8 nitrogen and oxygen atoms in total. The van der Waals surface area contributed by atoms with Crippen molar-refractivity contribution in [2.45, 2.75) is 32.9 Å². The molecular weight excluding hydrogens is 272 g/mol. The van der Waals surface area contributed by atoms with E-state index in [4.69, 9.17) is 10.6 Å². The lowest BCUT2D eigenvalue weighted by Gasteiger charge is -2.36. The summed E-state index contributed by atoms with van der Waals surface area (Å²) in [6, 6.07) is -0.325. The van der Waals surface area contributed by atoms with Gasteiger partial charge in [0.15, 0.2) is 0 Å². The molecule has 1 amide bonds. The van der Waals surface area contributed by atoms with Crippen molar-refractivity contribution in [2.24, 2.45) is 5.84 Å². The minimum absolute atomic E-state index is 0.0648. The number of ether oxygens (including phenoxy) is 1. The van der Waals surface area contributed by atoms with Crippen LogP contribution in [0.5, 0.6) is 0 Å². The zero-order valence-electron chi connectivity index (χ0n) is 12.6. The number of nitrogens with two attached hydrogens (primary N) is 1. The van der Waals surface area contributed by atoms with Gasteiger partial charge >= 0.3 is 0 Å².